The molecule has 8 heteroatoms. The van der Waals surface area contributed by atoms with Gasteiger partial charge in [-0.2, -0.15) is 0 Å². The van der Waals surface area contributed by atoms with E-state index in [-0.39, 0.29) is 11.7 Å². The Morgan fingerprint density at radius 1 is 1.06 bits per heavy atom. The van der Waals surface area contributed by atoms with Crippen LogP contribution in [0.1, 0.15) is 15.9 Å². The molecule has 0 saturated heterocycles. The molecule has 1 amide bonds. The van der Waals surface area contributed by atoms with Gasteiger partial charge in [-0.25, -0.2) is 13.4 Å². The maximum Gasteiger partial charge on any atom is 0.254 e. The number of hydrogen-bond donors (Lipinski definition) is 1. The van der Waals surface area contributed by atoms with Crippen LogP contribution in [0.3, 0.4) is 0 Å². The second kappa shape index (κ2) is 11.0. The Labute approximate surface area is 187 Å². The van der Waals surface area contributed by atoms with E-state index in [0.29, 0.717) is 34.2 Å². The molecule has 0 saturated carbocycles. The molecule has 0 aliphatic heterocycles. The summed E-state index contributed by atoms with van der Waals surface area (Å²) in [7, 11) is -1.75. The highest BCUT2D eigenvalue weighted by Gasteiger charge is 2.16. The van der Waals surface area contributed by atoms with Crippen molar-refractivity contribution < 1.29 is 17.9 Å². The van der Waals surface area contributed by atoms with E-state index in [0.717, 1.165) is 11.3 Å². The third-order valence-corrected chi connectivity index (χ3v) is 7.54. The van der Waals surface area contributed by atoms with Crippen molar-refractivity contribution >= 4 is 27.5 Å². The van der Waals surface area contributed by atoms with Gasteiger partial charge in [0, 0.05) is 18.5 Å². The van der Waals surface area contributed by atoms with Crippen LogP contribution in [0.25, 0.3) is 0 Å². The van der Waals surface area contributed by atoms with Gasteiger partial charge < -0.3 is 10.1 Å². The second-order valence-corrected chi connectivity index (χ2v) is 9.89. The molecule has 0 radical (unpaired) electrons. The number of amides is 1. The van der Waals surface area contributed by atoms with Gasteiger partial charge in [0.15, 0.2) is 9.84 Å². The molecule has 162 valence electrons. The first-order chi connectivity index (χ1) is 15.0. The number of aromatic nitrogens is 1. The lowest BCUT2D eigenvalue weighted by atomic mass is 10.1. The van der Waals surface area contributed by atoms with Gasteiger partial charge in [-0.3, -0.25) is 4.79 Å². The number of thioether (sulfide) groups is 1. The minimum Gasteiger partial charge on any atom is -0.497 e. The van der Waals surface area contributed by atoms with Crippen LogP contribution in [-0.2, 0) is 16.3 Å². The summed E-state index contributed by atoms with van der Waals surface area (Å²) < 4.78 is 30.1. The highest BCUT2D eigenvalue weighted by atomic mass is 32.2. The average Bonchev–Trinajstić information content (AvgIpc) is 2.80. The average molecular weight is 457 g/mol. The number of benzene rings is 2. The van der Waals surface area contributed by atoms with Crippen molar-refractivity contribution in [2.45, 2.75) is 16.3 Å². The predicted octanol–water partition coefficient (Wildman–Crippen LogP) is 3.63. The van der Waals surface area contributed by atoms with E-state index in [9.17, 15) is 13.2 Å². The number of carbonyl (C=O) groups excluding carboxylic acids is 1. The van der Waals surface area contributed by atoms with Crippen molar-refractivity contribution in [3.8, 4) is 5.75 Å². The Balaban J connectivity index is 1.56. The zero-order chi connectivity index (χ0) is 22.1. The molecular formula is C23H24N2O4S2. The number of ether oxygens (including phenoxy) is 1. The van der Waals surface area contributed by atoms with Crippen LogP contribution >= 0.6 is 11.8 Å². The molecule has 3 rings (SSSR count). The first kappa shape index (κ1) is 22.8. The Bertz CT molecular complexity index is 1120. The topological polar surface area (TPSA) is 85.4 Å². The van der Waals surface area contributed by atoms with Crippen LogP contribution in [0.4, 0.5) is 0 Å². The van der Waals surface area contributed by atoms with E-state index < -0.39 is 9.84 Å². The Kier molecular flexibility index (Phi) is 8.08. The first-order valence-corrected chi connectivity index (χ1v) is 12.4. The molecule has 0 aliphatic carbocycles. The summed E-state index contributed by atoms with van der Waals surface area (Å²) in [6, 6.07) is 19.4. The second-order valence-electron chi connectivity index (χ2n) is 6.69. The normalized spacial score (nSPS) is 11.1. The van der Waals surface area contributed by atoms with Gasteiger partial charge in [0.25, 0.3) is 5.91 Å². The number of carbonyl (C=O) groups is 1. The van der Waals surface area contributed by atoms with Gasteiger partial charge in [-0.15, -0.1) is 11.8 Å². The SMILES string of the molecule is COc1cccc(CCNC(=O)c2cccnc2SCCS(=O)(=O)c2ccccc2)c1. The van der Waals surface area contributed by atoms with Crippen LogP contribution in [-0.4, -0.2) is 44.5 Å². The lowest BCUT2D eigenvalue weighted by Gasteiger charge is -2.10. The fraction of sp³-hybridized carbons (Fsp3) is 0.217. The van der Waals surface area contributed by atoms with Gasteiger partial charge >= 0.3 is 0 Å². The van der Waals surface area contributed by atoms with Crippen LogP contribution in [0.5, 0.6) is 5.75 Å². The first-order valence-electron chi connectivity index (χ1n) is 9.76. The molecule has 1 N–H and O–H groups in total. The van der Waals surface area contributed by atoms with Crippen molar-refractivity contribution in [2.75, 3.05) is 25.2 Å². The van der Waals surface area contributed by atoms with Crippen LogP contribution in [0, 0.1) is 0 Å². The van der Waals surface area contributed by atoms with Gasteiger partial charge in [0.1, 0.15) is 10.8 Å². The maximum absolute atomic E-state index is 12.7. The molecule has 0 bridgehead atoms. The van der Waals surface area contributed by atoms with Crippen molar-refractivity contribution in [1.29, 1.82) is 0 Å². The van der Waals surface area contributed by atoms with Gasteiger partial charge in [0.05, 0.1) is 23.3 Å². The molecule has 6 nitrogen and oxygen atoms in total. The van der Waals surface area contributed by atoms with Crippen LogP contribution in [0.2, 0.25) is 0 Å². The molecular weight excluding hydrogens is 432 g/mol. The zero-order valence-electron chi connectivity index (χ0n) is 17.2. The van der Waals surface area contributed by atoms with Crippen LogP contribution < -0.4 is 10.1 Å². The zero-order valence-corrected chi connectivity index (χ0v) is 18.8. The number of hydrogen-bond acceptors (Lipinski definition) is 6. The summed E-state index contributed by atoms with van der Waals surface area (Å²) in [6.07, 6.45) is 2.27. The van der Waals surface area contributed by atoms with E-state index >= 15 is 0 Å². The maximum atomic E-state index is 12.7. The monoisotopic (exact) mass is 456 g/mol. The molecule has 3 aromatic rings. The number of pyridine rings is 1. The standard InChI is InChI=1S/C23H24N2O4S2/c1-29-19-8-5-7-18(17-19)12-14-24-22(26)21-11-6-13-25-23(21)30-15-16-31(27,28)20-9-3-2-4-10-20/h2-11,13,17H,12,14-16H2,1H3,(H,24,26). The highest BCUT2D eigenvalue weighted by Crippen LogP contribution is 2.22. The van der Waals surface area contributed by atoms with Crippen molar-refractivity contribution in [1.82, 2.24) is 10.3 Å². The molecule has 0 spiro atoms. The molecule has 0 fully saturated rings. The summed E-state index contributed by atoms with van der Waals surface area (Å²) in [5.41, 5.74) is 1.50. The molecule has 31 heavy (non-hydrogen) atoms. The molecule has 1 heterocycles. The molecule has 2 aromatic carbocycles. The van der Waals surface area contributed by atoms with Crippen molar-refractivity contribution in [3.05, 3.63) is 84.1 Å². The van der Waals surface area contributed by atoms with E-state index in [1.165, 1.54) is 11.8 Å². The number of nitrogens with one attached hydrogen (secondary N) is 1. The smallest absolute Gasteiger partial charge is 0.254 e. The Morgan fingerprint density at radius 3 is 2.65 bits per heavy atom. The fourth-order valence-corrected chi connectivity index (χ4v) is 5.58. The van der Waals surface area contributed by atoms with Crippen molar-refractivity contribution in [3.63, 3.8) is 0 Å². The summed E-state index contributed by atoms with van der Waals surface area (Å²) in [5, 5.41) is 3.42. The van der Waals surface area contributed by atoms with E-state index in [1.807, 2.05) is 24.3 Å². The third-order valence-electron chi connectivity index (χ3n) is 4.54. The largest absolute Gasteiger partial charge is 0.497 e. The van der Waals surface area contributed by atoms with E-state index in [2.05, 4.69) is 10.3 Å². The third kappa shape index (κ3) is 6.57. The highest BCUT2D eigenvalue weighted by molar-refractivity contribution is 8.00. The lowest BCUT2D eigenvalue weighted by Crippen LogP contribution is -2.26. The van der Waals surface area contributed by atoms with E-state index in [4.69, 9.17) is 4.74 Å². The quantitative estimate of drug-likeness (QED) is 0.469. The van der Waals surface area contributed by atoms with Gasteiger partial charge in [-0.1, -0.05) is 30.3 Å². The molecule has 0 atom stereocenters. The Morgan fingerprint density at radius 2 is 1.87 bits per heavy atom. The number of rotatable bonds is 10. The van der Waals surface area contributed by atoms with Gasteiger partial charge in [0.2, 0.25) is 0 Å². The van der Waals surface area contributed by atoms with Crippen molar-refractivity contribution in [2.24, 2.45) is 0 Å². The number of methoxy groups -OCH3 is 1. The molecule has 0 unspecified atom stereocenters. The Hall–Kier alpha value is -2.84. The predicted molar refractivity (Wildman–Crippen MR) is 122 cm³/mol. The van der Waals surface area contributed by atoms with Gasteiger partial charge in [-0.05, 0) is 48.4 Å². The summed E-state index contributed by atoms with van der Waals surface area (Å²) >= 11 is 1.26. The molecule has 0 aliphatic rings. The fourth-order valence-electron chi connectivity index (χ4n) is 2.92. The molecule has 1 aromatic heterocycles. The summed E-state index contributed by atoms with van der Waals surface area (Å²) in [5.74, 6) is 0.817. The summed E-state index contributed by atoms with van der Waals surface area (Å²) in [4.78, 5) is 17.2. The minimum absolute atomic E-state index is 0.0326. The summed E-state index contributed by atoms with van der Waals surface area (Å²) in [6.45, 7) is 0.466. The number of sulfone groups is 1. The lowest BCUT2D eigenvalue weighted by molar-refractivity contribution is 0.0950. The van der Waals surface area contributed by atoms with Crippen LogP contribution in [0.15, 0.2) is 82.8 Å². The van der Waals surface area contributed by atoms with E-state index in [1.54, 1.807) is 55.8 Å². The number of nitrogens with zero attached hydrogens (tertiary/aromatic N) is 1. The minimum atomic E-state index is -3.37.